The second-order valence-electron chi connectivity index (χ2n) is 6.90. The molecule has 0 bridgehead atoms. The van der Waals surface area contributed by atoms with Gasteiger partial charge in [-0.1, -0.05) is 0 Å². The van der Waals surface area contributed by atoms with Crippen LogP contribution >= 0.6 is 0 Å². The molecule has 4 rings (SSSR count). The number of imidazole rings is 1. The molecule has 1 aliphatic heterocycles. The number of hydrogen-bond acceptors (Lipinski definition) is 3. The minimum absolute atomic E-state index is 0.391. The predicted molar refractivity (Wildman–Crippen MR) is 84.6 cm³/mol. The highest BCUT2D eigenvalue weighted by molar-refractivity contribution is 5.54. The zero-order valence-corrected chi connectivity index (χ0v) is 13.1. The average molecular weight is 302 g/mol. The molecule has 1 saturated carbocycles. The number of rotatable bonds is 3. The van der Waals surface area contributed by atoms with Gasteiger partial charge in [-0.15, -0.1) is 0 Å². The lowest BCUT2D eigenvalue weighted by atomic mass is 9.86. The number of halogens is 1. The van der Waals surface area contributed by atoms with Crippen molar-refractivity contribution in [3.63, 3.8) is 0 Å². The molecule has 5 heteroatoms. The third kappa shape index (κ3) is 2.32. The van der Waals surface area contributed by atoms with Gasteiger partial charge in [-0.25, -0.2) is 9.37 Å². The van der Waals surface area contributed by atoms with Crippen molar-refractivity contribution in [3.8, 4) is 0 Å². The summed E-state index contributed by atoms with van der Waals surface area (Å²) in [6.07, 6.45) is 7.57. The molecule has 0 radical (unpaired) electrons. The molecule has 118 valence electrons. The van der Waals surface area contributed by atoms with Crippen molar-refractivity contribution in [3.05, 3.63) is 35.3 Å². The molecule has 4 nitrogen and oxygen atoms in total. The van der Waals surface area contributed by atoms with Gasteiger partial charge >= 0.3 is 0 Å². The van der Waals surface area contributed by atoms with Crippen LogP contribution in [-0.4, -0.2) is 34.4 Å². The highest BCUT2D eigenvalue weighted by atomic mass is 19.1. The fourth-order valence-corrected chi connectivity index (χ4v) is 3.48. The van der Waals surface area contributed by atoms with Crippen LogP contribution in [0.1, 0.15) is 48.4 Å². The Labute approximate surface area is 130 Å². The molecule has 1 aliphatic carbocycles. The van der Waals surface area contributed by atoms with Crippen molar-refractivity contribution in [2.24, 2.45) is 5.73 Å². The monoisotopic (exact) mass is 302 g/mol. The Balaban J connectivity index is 1.85. The molecule has 22 heavy (non-hydrogen) atoms. The maximum absolute atomic E-state index is 15.7. The van der Waals surface area contributed by atoms with E-state index < -0.39 is 5.67 Å². The van der Waals surface area contributed by atoms with Gasteiger partial charge in [0, 0.05) is 37.6 Å². The molecule has 0 spiro atoms. The Morgan fingerprint density at radius 2 is 2.05 bits per heavy atom. The van der Waals surface area contributed by atoms with Gasteiger partial charge in [-0.05, 0) is 50.3 Å². The van der Waals surface area contributed by atoms with Crippen LogP contribution in [0.4, 0.5) is 4.39 Å². The lowest BCUT2D eigenvalue weighted by Gasteiger charge is -2.35. The molecule has 2 fully saturated rings. The molecule has 3 heterocycles. The fraction of sp³-hybridized carbons (Fsp3) is 0.588. The smallest absolute Gasteiger partial charge is 0.143 e. The summed E-state index contributed by atoms with van der Waals surface area (Å²) in [6.45, 7) is 1.98. The van der Waals surface area contributed by atoms with Crippen LogP contribution in [-0.2, 0) is 12.2 Å². The van der Waals surface area contributed by atoms with Gasteiger partial charge in [0.25, 0.3) is 0 Å². The van der Waals surface area contributed by atoms with E-state index >= 15 is 4.39 Å². The van der Waals surface area contributed by atoms with E-state index in [1.807, 2.05) is 10.6 Å². The van der Waals surface area contributed by atoms with Gasteiger partial charge in [0.1, 0.15) is 11.3 Å². The van der Waals surface area contributed by atoms with Gasteiger partial charge in [0.15, 0.2) is 0 Å². The van der Waals surface area contributed by atoms with Gasteiger partial charge in [-0.2, -0.15) is 0 Å². The lowest BCUT2D eigenvalue weighted by molar-refractivity contribution is 0.0682. The predicted octanol–water partition coefficient (Wildman–Crippen LogP) is 2.56. The molecule has 2 aliphatic rings. The molecule has 0 atom stereocenters. The average Bonchev–Trinajstić information content (AvgIpc) is 3.28. The van der Waals surface area contributed by atoms with E-state index in [-0.39, 0.29) is 0 Å². The number of aromatic nitrogens is 2. The summed E-state index contributed by atoms with van der Waals surface area (Å²) in [5, 5.41) is 0. The number of piperidine rings is 1. The fourth-order valence-electron chi connectivity index (χ4n) is 3.48. The summed E-state index contributed by atoms with van der Waals surface area (Å²) in [7, 11) is 2.05. The van der Waals surface area contributed by atoms with E-state index in [0.29, 0.717) is 25.3 Å². The van der Waals surface area contributed by atoms with E-state index in [2.05, 4.69) is 29.2 Å². The Morgan fingerprint density at radius 3 is 2.68 bits per heavy atom. The largest absolute Gasteiger partial charge is 0.325 e. The van der Waals surface area contributed by atoms with Crippen LogP contribution in [0.3, 0.4) is 0 Å². The molecule has 0 aromatic carbocycles. The van der Waals surface area contributed by atoms with Crippen LogP contribution in [0, 0.1) is 0 Å². The summed E-state index contributed by atoms with van der Waals surface area (Å²) in [6, 6.07) is 2.08. The van der Waals surface area contributed by atoms with Crippen LogP contribution in [0.15, 0.2) is 18.5 Å². The maximum Gasteiger partial charge on any atom is 0.143 e. The molecule has 2 N–H and O–H groups in total. The van der Waals surface area contributed by atoms with Crippen LogP contribution < -0.4 is 5.73 Å². The van der Waals surface area contributed by atoms with Crippen LogP contribution in [0.5, 0.6) is 0 Å². The normalized spacial score (nSPS) is 22.3. The van der Waals surface area contributed by atoms with Gasteiger partial charge in [-0.3, -0.25) is 0 Å². The van der Waals surface area contributed by atoms with E-state index in [0.717, 1.165) is 30.0 Å². The maximum atomic E-state index is 15.7. The molecule has 0 unspecified atom stereocenters. The number of hydrogen-bond donors (Lipinski definition) is 1. The second-order valence-corrected chi connectivity index (χ2v) is 6.90. The third-order valence-electron chi connectivity index (χ3n) is 5.14. The van der Waals surface area contributed by atoms with Crippen molar-refractivity contribution in [2.75, 3.05) is 20.1 Å². The quantitative estimate of drug-likeness (QED) is 0.948. The first-order valence-electron chi connectivity index (χ1n) is 8.18. The first kappa shape index (κ1) is 14.2. The Kier molecular flexibility index (Phi) is 3.24. The number of likely N-dealkylation sites (tertiary alicyclic amines) is 1. The van der Waals surface area contributed by atoms with Crippen molar-refractivity contribution in [2.45, 2.75) is 43.8 Å². The first-order chi connectivity index (χ1) is 10.6. The summed E-state index contributed by atoms with van der Waals surface area (Å²) in [5.41, 5.74) is 8.05. The highest BCUT2D eigenvalue weighted by Crippen LogP contribution is 2.44. The zero-order chi connectivity index (χ0) is 15.3. The van der Waals surface area contributed by atoms with E-state index in [4.69, 9.17) is 5.73 Å². The number of fused-ring (bicyclic) bond motifs is 1. The molecular weight excluding hydrogens is 279 g/mol. The van der Waals surface area contributed by atoms with Crippen LogP contribution in [0.2, 0.25) is 0 Å². The molecule has 0 amide bonds. The van der Waals surface area contributed by atoms with Crippen LogP contribution in [0.25, 0.3) is 5.65 Å². The van der Waals surface area contributed by atoms with Crippen molar-refractivity contribution in [1.29, 1.82) is 0 Å². The van der Waals surface area contributed by atoms with Gasteiger partial charge < -0.3 is 15.0 Å². The van der Waals surface area contributed by atoms with E-state index in [1.54, 1.807) is 0 Å². The number of alkyl halides is 1. The van der Waals surface area contributed by atoms with Crippen molar-refractivity contribution in [1.82, 2.24) is 14.3 Å². The number of pyridine rings is 1. The number of nitrogens with zero attached hydrogens (tertiary/aromatic N) is 3. The number of nitrogens with two attached hydrogens (primary N) is 1. The topological polar surface area (TPSA) is 46.6 Å². The standard InChI is InChI=1S/C17H23FN4/c1-21-6-4-17(18,5-7-21)15-8-13(12-2-3-12)10-22-11-14(9-19)20-16(15)22/h8,10-12H,2-7,9,19H2,1H3. The Bertz CT molecular complexity index is 696. The zero-order valence-electron chi connectivity index (χ0n) is 13.1. The SMILES string of the molecule is CN1CCC(F)(c2cc(C3CC3)cn3cc(CN)nc23)CC1. The summed E-state index contributed by atoms with van der Waals surface area (Å²) in [5.74, 6) is 0.599. The van der Waals surface area contributed by atoms with Gasteiger partial charge in [0.2, 0.25) is 0 Å². The Hall–Kier alpha value is -1.46. The van der Waals surface area contributed by atoms with Crippen molar-refractivity contribution >= 4 is 5.65 Å². The molecule has 1 saturated heterocycles. The highest BCUT2D eigenvalue weighted by Gasteiger charge is 2.38. The molecule has 2 aromatic heterocycles. The second kappa shape index (κ2) is 5.03. The van der Waals surface area contributed by atoms with Gasteiger partial charge in [0.05, 0.1) is 5.69 Å². The summed E-state index contributed by atoms with van der Waals surface area (Å²) < 4.78 is 17.7. The summed E-state index contributed by atoms with van der Waals surface area (Å²) in [4.78, 5) is 6.77. The third-order valence-corrected chi connectivity index (χ3v) is 5.14. The lowest BCUT2D eigenvalue weighted by Crippen LogP contribution is -2.38. The Morgan fingerprint density at radius 1 is 1.32 bits per heavy atom. The minimum Gasteiger partial charge on any atom is -0.325 e. The van der Waals surface area contributed by atoms with E-state index in [9.17, 15) is 0 Å². The molecule has 2 aromatic rings. The first-order valence-corrected chi connectivity index (χ1v) is 8.18. The minimum atomic E-state index is -1.27. The van der Waals surface area contributed by atoms with E-state index in [1.165, 1.54) is 18.4 Å². The summed E-state index contributed by atoms with van der Waals surface area (Å²) >= 11 is 0. The van der Waals surface area contributed by atoms with Crippen molar-refractivity contribution < 1.29 is 4.39 Å². The molecular formula is C17H23FN4.